The number of nitrogens with one attached hydrogen (secondary N) is 7. The van der Waals surface area contributed by atoms with Gasteiger partial charge in [-0.3, -0.25) is 62.9 Å². The number of amides is 10. The van der Waals surface area contributed by atoms with Crippen LogP contribution < -0.4 is 43.4 Å². The van der Waals surface area contributed by atoms with E-state index in [9.17, 15) is 102 Å². The normalized spacial score (nSPS) is 17.7. The topological polar surface area (TPSA) is 704 Å². The zero-order chi connectivity index (χ0) is 106. The number of aliphatic hydroxyl groups excluding tert-OH is 4. The Balaban J connectivity index is 0.000000251. The molecule has 12 rings (SSSR count). The maximum atomic E-state index is 13.4. The van der Waals surface area contributed by atoms with Crippen LogP contribution in [-0.4, -0.2) is 293 Å². The monoisotopic (exact) mass is 2030 g/mol. The van der Waals surface area contributed by atoms with E-state index < -0.39 is 187 Å². The van der Waals surface area contributed by atoms with E-state index in [1.165, 1.54) is 0 Å². The molecule has 5 heterocycles. The Hall–Kier alpha value is -16.2. The maximum Gasteiger partial charge on any atom is 0.407 e. The smallest absolute Gasteiger partial charge is 0.407 e. The number of hydrogen-bond donors (Lipinski definition) is 17. The molecule has 0 bridgehead atoms. The summed E-state index contributed by atoms with van der Waals surface area (Å²) in [6.07, 6.45) is -5.96. The molecular weight excluding hydrogens is 1920 g/mol. The fraction of sp³-hybridized carbons (Fsp3) is 0.384. The van der Waals surface area contributed by atoms with E-state index in [-0.39, 0.29) is 156 Å². The van der Waals surface area contributed by atoms with Gasteiger partial charge in [0.15, 0.2) is 0 Å². The van der Waals surface area contributed by atoms with Crippen LogP contribution in [0.3, 0.4) is 0 Å². The Morgan fingerprint density at radius 3 is 1.04 bits per heavy atom. The summed E-state index contributed by atoms with van der Waals surface area (Å²) in [5.41, 5.74) is 16.7. The molecule has 0 unspecified atom stereocenters. The molecule has 7 aromatic rings. The highest BCUT2D eigenvalue weighted by Gasteiger charge is 2.43. The van der Waals surface area contributed by atoms with Crippen molar-refractivity contribution in [1.29, 1.82) is 5.41 Å². The number of β-amino-alcohol motifs (C(OH)–C–C–N with tert-alkyl or cyclic N) is 4. The maximum absolute atomic E-state index is 13.4. The number of likely N-dealkylation sites (tertiary alicyclic amines) is 3. The van der Waals surface area contributed by atoms with Crippen LogP contribution in [0.1, 0.15) is 116 Å². The molecule has 7 aromatic carbocycles. The van der Waals surface area contributed by atoms with Crippen molar-refractivity contribution in [3.63, 3.8) is 0 Å². The van der Waals surface area contributed by atoms with Gasteiger partial charge in [-0.2, -0.15) is 0 Å². The van der Waals surface area contributed by atoms with E-state index >= 15 is 0 Å². The largest absolute Gasteiger partial charge is 0.481 e. The number of esters is 4. The number of nitrogens with zero attached hydrogens (tertiary/aromatic N) is 4. The van der Waals surface area contributed by atoms with Crippen molar-refractivity contribution >= 4 is 113 Å². The molecule has 47 heteroatoms. The summed E-state index contributed by atoms with van der Waals surface area (Å²) >= 11 is 0. The number of alkyl carbamates (subject to hydrolysis) is 3. The first kappa shape index (κ1) is 117. The molecule has 5 aliphatic rings. The van der Waals surface area contributed by atoms with E-state index in [1.807, 2.05) is 152 Å². The highest BCUT2D eigenvalue weighted by atomic mass is 16.7. The lowest BCUT2D eigenvalue weighted by molar-refractivity contribution is -0.168. The van der Waals surface area contributed by atoms with Gasteiger partial charge in [-0.25, -0.2) is 28.8 Å². The second-order valence-corrected chi connectivity index (χ2v) is 33.0. The lowest BCUT2D eigenvalue weighted by Crippen LogP contribution is -2.52. The van der Waals surface area contributed by atoms with Crippen molar-refractivity contribution in [3.8, 4) is 0 Å². The fourth-order valence-electron chi connectivity index (χ4n) is 14.0. The average Bonchev–Trinajstić information content (AvgIpc) is 1.67. The molecule has 5 fully saturated rings. The quantitative estimate of drug-likeness (QED) is 0.00861. The van der Waals surface area contributed by atoms with Gasteiger partial charge >= 0.3 is 66.0 Å². The number of rotatable bonds is 40. The third-order valence-corrected chi connectivity index (χ3v) is 21.7. The molecule has 784 valence electrons. The Labute approximate surface area is 836 Å². The van der Waals surface area contributed by atoms with Gasteiger partial charge in [-0.15, -0.1) is 5.06 Å². The number of carbonyl (C=O) groups is 18. The van der Waals surface area contributed by atoms with Crippen LogP contribution >= 0.6 is 0 Å². The second kappa shape index (κ2) is 62.9. The molecular formula is C99H119N13O34. The van der Waals surface area contributed by atoms with Crippen LogP contribution in [0.5, 0.6) is 0 Å². The number of hydrogen-bond acceptors (Lipinski definition) is 34. The molecule has 0 aliphatic carbocycles. The molecule has 0 radical (unpaired) electrons. The molecule has 0 saturated carbocycles. The van der Waals surface area contributed by atoms with Crippen molar-refractivity contribution < 1.29 is 165 Å². The summed E-state index contributed by atoms with van der Waals surface area (Å²) in [7, 11) is 0. The number of carbonyl (C=O) groups excluding carboxylic acids is 14. The first-order chi connectivity index (χ1) is 69.9. The summed E-state index contributed by atoms with van der Waals surface area (Å²) in [5.74, 6) is -11.5. The van der Waals surface area contributed by atoms with Crippen molar-refractivity contribution in [3.05, 3.63) is 251 Å². The minimum atomic E-state index is -1.38. The van der Waals surface area contributed by atoms with Crippen LogP contribution in [-0.2, 0) is 156 Å². The first-order valence-corrected chi connectivity index (χ1v) is 46.0. The van der Waals surface area contributed by atoms with Gasteiger partial charge < -0.3 is 137 Å². The fourth-order valence-corrected chi connectivity index (χ4v) is 14.0. The lowest BCUT2D eigenvalue weighted by atomic mass is 10.1. The number of carboxylic acids is 4. The summed E-state index contributed by atoms with van der Waals surface area (Å²) in [6, 6.07) is 56.7. The summed E-state index contributed by atoms with van der Waals surface area (Å²) < 4.78 is 36.0. The van der Waals surface area contributed by atoms with E-state index in [0.29, 0.717) is 18.0 Å². The molecule has 11 atom stereocenters. The molecule has 5 saturated heterocycles. The molecule has 19 N–H and O–H groups in total. The minimum absolute atomic E-state index is 0.00980. The third-order valence-electron chi connectivity index (χ3n) is 21.7. The Morgan fingerprint density at radius 2 is 0.705 bits per heavy atom. The van der Waals surface area contributed by atoms with Crippen molar-refractivity contribution in [2.24, 2.45) is 11.5 Å². The third kappa shape index (κ3) is 43.7. The van der Waals surface area contributed by atoms with E-state index in [0.717, 1.165) is 53.6 Å². The van der Waals surface area contributed by atoms with Gasteiger partial charge in [0, 0.05) is 84.0 Å². The average molecular weight is 2040 g/mol. The molecule has 0 spiro atoms. The van der Waals surface area contributed by atoms with Crippen LogP contribution in [0.2, 0.25) is 0 Å². The van der Waals surface area contributed by atoms with E-state index in [1.54, 1.807) is 60.7 Å². The lowest BCUT2D eigenvalue weighted by Gasteiger charge is -2.26. The van der Waals surface area contributed by atoms with Crippen LogP contribution in [0, 0.1) is 5.41 Å². The van der Waals surface area contributed by atoms with E-state index in [4.69, 9.17) is 80.4 Å². The van der Waals surface area contributed by atoms with Crippen molar-refractivity contribution in [2.75, 3.05) is 52.4 Å². The molecule has 5 aliphatic heterocycles. The molecule has 0 aromatic heterocycles. The second-order valence-electron chi connectivity index (χ2n) is 33.0. The van der Waals surface area contributed by atoms with Gasteiger partial charge in [0.1, 0.15) is 102 Å². The van der Waals surface area contributed by atoms with Gasteiger partial charge in [-0.1, -0.05) is 212 Å². The Kier molecular flexibility index (Phi) is 50.3. The van der Waals surface area contributed by atoms with Gasteiger partial charge in [0.25, 0.3) is 11.8 Å². The Morgan fingerprint density at radius 1 is 0.384 bits per heavy atom. The standard InChI is InChI=1S/C34H37N3O9.C19H21NO4.C15H18N2O6.C14H15N3O5.C12H19N3O7.C5H9NO3/c38-27-18-29(37(20-27)30(39)19-35-34(43)46-23-26-14-8-3-9-15-26)32(41)36-28(33(42)45-22-25-12-6-2-7-13-25)16-17-31(40)44-21-24-10-4-1-5-11-24;20-17(19(22)24-14-16-9-5-2-6-10-16)11-12-18(21)23-13-15-7-3-1-4-8-15;18-11-6-12(14(20)21)17(8-11)13(19)7-16-15(22)23-9-10-4-2-1-3-5-10;15-11(22-17-12(18)6-7-13(17)19)8-16-14(20)21-9-10-4-2-1-3-5-10;13-4-9(17)15-5-6(16)3-8(15)11(20)14-7(12(21)22)1-2-10(18)19;7-3-1-4(5(8)9)6-2-3/h1-15,27-29,38H,16-23H2,(H,35,43)(H,36,41);1-10,17H,11-14,20H2;1-5,11-12,18H,6-9H2,(H,16,22)(H,20,21);1-5,15H,6-9H2,(H,16,20);6-8,16H,1-5,13H2,(H,14,20)(H,18,19)(H,21,22);3-4,6-7H,1-2H2,(H,8,9)/t27-,28+,29+;17-;11-,12+;;6-,7+,8+;3-,4+/m101.11/s1. The number of aliphatic hydroxyl groups is 4. The number of nitrogens with two attached hydrogens (primary N) is 2. The SMILES string of the molecule is N=C(CNC(=O)OCc1ccccc1)ON1C(=O)CCC1=O.NCC(=O)N1C[C@H](O)C[C@H]1C(=O)N[C@@H](CCC(=O)O)C(=O)O.N[C@@H](CCC(=O)OCc1ccccc1)C(=O)OCc1ccccc1.O=C(CC[C@H](NC(=O)[C@@H]1C[C@@H](O)CN1C(=O)CNC(=O)OCc1ccccc1)C(=O)OCc1ccccc1)OCc1ccccc1.O=C(NCC(=O)N1C[C@H](O)C[C@H]1C(=O)O)OCc1ccccc1.O=C(O)[C@@H]1C[C@@H](O)CN1. The zero-order valence-electron chi connectivity index (χ0n) is 79.3. The summed E-state index contributed by atoms with van der Waals surface area (Å²) in [6.45, 7) is -0.767. The highest BCUT2D eigenvalue weighted by molar-refractivity contribution is 6.02. The Bertz CT molecular complexity index is 5430. The number of benzene rings is 7. The van der Waals surface area contributed by atoms with Crippen LogP contribution in [0.15, 0.2) is 212 Å². The van der Waals surface area contributed by atoms with Crippen LogP contribution in [0.25, 0.3) is 0 Å². The highest BCUT2D eigenvalue weighted by Crippen LogP contribution is 2.24. The molecule has 10 amide bonds. The predicted octanol–water partition coefficient (Wildman–Crippen LogP) is 2.27. The zero-order valence-corrected chi connectivity index (χ0v) is 79.3. The minimum Gasteiger partial charge on any atom is -0.481 e. The van der Waals surface area contributed by atoms with Crippen molar-refractivity contribution in [2.45, 2.75) is 190 Å². The first-order valence-electron chi connectivity index (χ1n) is 46.0. The molecule has 146 heavy (non-hydrogen) atoms. The number of imide groups is 1. The number of ether oxygens (including phenoxy) is 7. The van der Waals surface area contributed by atoms with Gasteiger partial charge in [0.05, 0.1) is 37.5 Å². The number of carboxylic acid groups (broad SMARTS) is 4. The van der Waals surface area contributed by atoms with Gasteiger partial charge in [0.2, 0.25) is 35.4 Å². The van der Waals surface area contributed by atoms with Crippen LogP contribution in [0.4, 0.5) is 14.4 Å². The number of aliphatic carboxylic acids is 4. The van der Waals surface area contributed by atoms with Crippen molar-refractivity contribution in [1.82, 2.24) is 51.7 Å². The summed E-state index contributed by atoms with van der Waals surface area (Å²) in [4.78, 5) is 220. The van der Waals surface area contributed by atoms with E-state index in [2.05, 4.69) is 31.9 Å². The molecule has 47 nitrogen and oxygen atoms in total. The summed E-state index contributed by atoms with van der Waals surface area (Å²) in [5, 5.41) is 95.5. The predicted molar refractivity (Wildman–Crippen MR) is 509 cm³/mol. The number of hydroxylamine groups is 2. The van der Waals surface area contributed by atoms with Gasteiger partial charge in [-0.05, 0) is 58.2 Å².